The quantitative estimate of drug-likeness (QED) is 0.899. The topological polar surface area (TPSA) is 48.1 Å². The summed E-state index contributed by atoms with van der Waals surface area (Å²) in [5.41, 5.74) is 8.73. The Bertz CT molecular complexity index is 549. The molecule has 0 aliphatic carbocycles. The molecule has 0 fully saturated rings. The lowest BCUT2D eigenvalue weighted by atomic mass is 10.1. The van der Waals surface area contributed by atoms with Gasteiger partial charge in [-0.1, -0.05) is 13.8 Å². The van der Waals surface area contributed by atoms with Crippen molar-refractivity contribution in [2.75, 3.05) is 6.61 Å². The van der Waals surface area contributed by atoms with E-state index in [2.05, 4.69) is 31.8 Å². The molecule has 1 aromatic heterocycles. The number of rotatable bonds is 4. The highest BCUT2D eigenvalue weighted by atomic mass is 16.5. The van der Waals surface area contributed by atoms with Crippen molar-refractivity contribution in [3.05, 3.63) is 35.5 Å². The van der Waals surface area contributed by atoms with Gasteiger partial charge < -0.3 is 10.5 Å². The van der Waals surface area contributed by atoms with Crippen LogP contribution >= 0.6 is 0 Å². The van der Waals surface area contributed by atoms with E-state index in [4.69, 9.17) is 10.5 Å². The minimum absolute atomic E-state index is 0.475. The molecule has 0 spiro atoms. The van der Waals surface area contributed by atoms with Crippen LogP contribution in [0.15, 0.2) is 24.3 Å². The summed E-state index contributed by atoms with van der Waals surface area (Å²) in [7, 11) is 0. The highest BCUT2D eigenvalue weighted by molar-refractivity contribution is 5.83. The minimum Gasteiger partial charge on any atom is -0.493 e. The van der Waals surface area contributed by atoms with Crippen LogP contribution in [0.1, 0.15) is 25.1 Å². The fraction of sp³-hybridized carbons (Fsp3) is 0.400. The zero-order chi connectivity index (χ0) is 13.1. The lowest BCUT2D eigenvalue weighted by Gasteiger charge is -2.10. The van der Waals surface area contributed by atoms with Gasteiger partial charge in [0.25, 0.3) is 0 Å². The molecule has 0 saturated carbocycles. The van der Waals surface area contributed by atoms with Gasteiger partial charge in [-0.2, -0.15) is 0 Å². The van der Waals surface area contributed by atoms with E-state index in [0.717, 1.165) is 29.0 Å². The summed E-state index contributed by atoms with van der Waals surface area (Å²) in [5, 5.41) is 1.13. The molecule has 0 aliphatic rings. The van der Waals surface area contributed by atoms with Crippen LogP contribution in [-0.4, -0.2) is 11.6 Å². The second-order valence-corrected chi connectivity index (χ2v) is 5.02. The fourth-order valence-electron chi connectivity index (χ4n) is 1.90. The number of fused-ring (bicyclic) bond motifs is 1. The number of pyridine rings is 1. The Morgan fingerprint density at radius 3 is 2.72 bits per heavy atom. The summed E-state index contributed by atoms with van der Waals surface area (Å²) in [5.74, 6) is 1.43. The SMILES string of the molecule is Cc1cc(CN)nc2ccc(OCC(C)C)cc12. The Hall–Kier alpha value is -1.61. The van der Waals surface area contributed by atoms with Crippen molar-refractivity contribution in [2.45, 2.75) is 27.3 Å². The van der Waals surface area contributed by atoms with Crippen LogP contribution in [0, 0.1) is 12.8 Å². The monoisotopic (exact) mass is 244 g/mol. The molecule has 0 bridgehead atoms. The van der Waals surface area contributed by atoms with Crippen molar-refractivity contribution in [3.8, 4) is 5.75 Å². The fourth-order valence-corrected chi connectivity index (χ4v) is 1.90. The molecule has 1 aromatic carbocycles. The number of aryl methyl sites for hydroxylation is 1. The molecule has 3 nitrogen and oxygen atoms in total. The number of ether oxygens (including phenoxy) is 1. The number of hydrogen-bond acceptors (Lipinski definition) is 3. The summed E-state index contributed by atoms with van der Waals surface area (Å²) in [6.07, 6.45) is 0. The molecule has 2 aromatic rings. The number of hydrogen-bond donors (Lipinski definition) is 1. The number of aromatic nitrogens is 1. The molecule has 1 heterocycles. The standard InChI is InChI=1S/C15H20N2O/c1-10(2)9-18-13-4-5-15-14(7-13)11(3)6-12(8-16)17-15/h4-7,10H,8-9,16H2,1-3H3. The smallest absolute Gasteiger partial charge is 0.120 e. The van der Waals surface area contributed by atoms with Crippen molar-refractivity contribution in [1.82, 2.24) is 4.98 Å². The lowest BCUT2D eigenvalue weighted by Crippen LogP contribution is -2.04. The second kappa shape index (κ2) is 5.36. The van der Waals surface area contributed by atoms with Gasteiger partial charge in [-0.25, -0.2) is 0 Å². The summed E-state index contributed by atoms with van der Waals surface area (Å²) in [4.78, 5) is 4.51. The van der Waals surface area contributed by atoms with Gasteiger partial charge in [-0.15, -0.1) is 0 Å². The first kappa shape index (κ1) is 12.8. The Kier molecular flexibility index (Phi) is 3.82. The molecule has 0 atom stereocenters. The average molecular weight is 244 g/mol. The van der Waals surface area contributed by atoms with Gasteiger partial charge in [0.15, 0.2) is 0 Å². The molecule has 3 heteroatoms. The summed E-state index contributed by atoms with van der Waals surface area (Å²) < 4.78 is 5.73. The third-order valence-electron chi connectivity index (χ3n) is 2.83. The normalized spacial score (nSPS) is 11.2. The highest BCUT2D eigenvalue weighted by Crippen LogP contribution is 2.23. The predicted octanol–water partition coefficient (Wildman–Crippen LogP) is 3.04. The molecular formula is C15H20N2O. The van der Waals surface area contributed by atoms with Gasteiger partial charge in [0.05, 0.1) is 17.8 Å². The van der Waals surface area contributed by atoms with Crippen LogP contribution in [0.5, 0.6) is 5.75 Å². The molecule has 0 saturated heterocycles. The highest BCUT2D eigenvalue weighted by Gasteiger charge is 2.04. The zero-order valence-corrected chi connectivity index (χ0v) is 11.2. The third-order valence-corrected chi connectivity index (χ3v) is 2.83. The van der Waals surface area contributed by atoms with Crippen LogP contribution in [0.2, 0.25) is 0 Å². The van der Waals surface area contributed by atoms with Crippen molar-refractivity contribution in [3.63, 3.8) is 0 Å². The molecule has 0 unspecified atom stereocenters. The first-order valence-corrected chi connectivity index (χ1v) is 6.33. The van der Waals surface area contributed by atoms with Crippen molar-refractivity contribution in [1.29, 1.82) is 0 Å². The molecule has 96 valence electrons. The van der Waals surface area contributed by atoms with E-state index in [0.29, 0.717) is 12.5 Å². The lowest BCUT2D eigenvalue weighted by molar-refractivity contribution is 0.271. The molecule has 2 N–H and O–H groups in total. The predicted molar refractivity (Wildman–Crippen MR) is 74.7 cm³/mol. The van der Waals surface area contributed by atoms with Crippen molar-refractivity contribution >= 4 is 10.9 Å². The zero-order valence-electron chi connectivity index (χ0n) is 11.2. The molecule has 18 heavy (non-hydrogen) atoms. The summed E-state index contributed by atoms with van der Waals surface area (Å²) in [6, 6.07) is 8.06. The molecule has 0 amide bonds. The van der Waals surface area contributed by atoms with Gasteiger partial charge in [0, 0.05) is 11.9 Å². The maximum absolute atomic E-state index is 5.73. The molecule has 0 radical (unpaired) electrons. The average Bonchev–Trinajstić information content (AvgIpc) is 2.36. The van der Waals surface area contributed by atoms with Crippen LogP contribution in [0.4, 0.5) is 0 Å². The molecule has 0 aliphatic heterocycles. The van der Waals surface area contributed by atoms with Crippen molar-refractivity contribution in [2.24, 2.45) is 11.7 Å². The maximum Gasteiger partial charge on any atom is 0.120 e. The van der Waals surface area contributed by atoms with Gasteiger partial charge >= 0.3 is 0 Å². The number of nitrogens with two attached hydrogens (primary N) is 1. The van der Waals surface area contributed by atoms with E-state index in [1.807, 2.05) is 18.2 Å². The van der Waals surface area contributed by atoms with E-state index in [9.17, 15) is 0 Å². The van der Waals surface area contributed by atoms with E-state index in [1.165, 1.54) is 5.56 Å². The largest absolute Gasteiger partial charge is 0.493 e. The number of nitrogens with zero attached hydrogens (tertiary/aromatic N) is 1. The van der Waals surface area contributed by atoms with E-state index >= 15 is 0 Å². The number of benzene rings is 1. The molecule has 2 rings (SSSR count). The van der Waals surface area contributed by atoms with E-state index in [1.54, 1.807) is 0 Å². The van der Waals surface area contributed by atoms with E-state index < -0.39 is 0 Å². The second-order valence-electron chi connectivity index (χ2n) is 5.02. The first-order valence-electron chi connectivity index (χ1n) is 6.33. The molecular weight excluding hydrogens is 224 g/mol. The summed E-state index contributed by atoms with van der Waals surface area (Å²) >= 11 is 0. The Morgan fingerprint density at radius 2 is 2.06 bits per heavy atom. The van der Waals surface area contributed by atoms with Crippen LogP contribution in [0.3, 0.4) is 0 Å². The van der Waals surface area contributed by atoms with Crippen LogP contribution < -0.4 is 10.5 Å². The Morgan fingerprint density at radius 1 is 1.28 bits per heavy atom. The first-order chi connectivity index (χ1) is 8.60. The van der Waals surface area contributed by atoms with Gasteiger partial charge in [0.2, 0.25) is 0 Å². The summed E-state index contributed by atoms with van der Waals surface area (Å²) in [6.45, 7) is 7.57. The minimum atomic E-state index is 0.475. The van der Waals surface area contributed by atoms with Crippen molar-refractivity contribution < 1.29 is 4.74 Å². The maximum atomic E-state index is 5.73. The van der Waals surface area contributed by atoms with Crippen LogP contribution in [0.25, 0.3) is 10.9 Å². The van der Waals surface area contributed by atoms with Gasteiger partial charge in [-0.05, 0) is 42.7 Å². The van der Waals surface area contributed by atoms with Gasteiger partial charge in [0.1, 0.15) is 5.75 Å². The van der Waals surface area contributed by atoms with Gasteiger partial charge in [-0.3, -0.25) is 4.98 Å². The Labute approximate surface area is 108 Å². The van der Waals surface area contributed by atoms with Crippen LogP contribution in [-0.2, 0) is 6.54 Å². The third kappa shape index (κ3) is 2.79. The van der Waals surface area contributed by atoms with E-state index in [-0.39, 0.29) is 0 Å². The Balaban J connectivity index is 2.36.